The van der Waals surface area contributed by atoms with E-state index in [1.807, 2.05) is 76.2 Å². The van der Waals surface area contributed by atoms with E-state index in [0.717, 1.165) is 29.4 Å². The van der Waals surface area contributed by atoms with E-state index < -0.39 is 13.2 Å². The zero-order chi connectivity index (χ0) is 20.7. The van der Waals surface area contributed by atoms with Crippen LogP contribution in [0.15, 0.2) is 54.6 Å². The van der Waals surface area contributed by atoms with E-state index in [1.165, 1.54) is 0 Å². The van der Waals surface area contributed by atoms with E-state index in [4.69, 9.17) is 14.0 Å². The topological polar surface area (TPSA) is 56.8 Å². The lowest BCUT2D eigenvalue weighted by atomic mass is 9.77. The summed E-state index contributed by atoms with van der Waals surface area (Å²) in [6.07, 6.45) is 1.38. The van der Waals surface area contributed by atoms with Gasteiger partial charge in [-0.05, 0) is 57.1 Å². The molecule has 152 valence electrons. The van der Waals surface area contributed by atoms with Gasteiger partial charge in [-0.2, -0.15) is 0 Å². The van der Waals surface area contributed by atoms with E-state index in [-0.39, 0.29) is 23.3 Å². The predicted octanol–water partition coefficient (Wildman–Crippen LogP) is 3.90. The standard InChI is InChI=1S/C23H28BNO4/c1-21(2)22(3,4)29-24(28-21)19-12-8-11-18(15-19)23(13-14-23)25-20(26)27-16-17-9-6-5-7-10-17/h5-12,15H,13-14,16H2,1-4H3,(H,25,26). The molecule has 5 nitrogen and oxygen atoms in total. The molecule has 0 bridgehead atoms. The maximum absolute atomic E-state index is 12.4. The minimum absolute atomic E-state index is 0.261. The summed E-state index contributed by atoms with van der Waals surface area (Å²) in [7, 11) is -0.416. The van der Waals surface area contributed by atoms with Crippen molar-refractivity contribution in [3.05, 3.63) is 65.7 Å². The van der Waals surface area contributed by atoms with Crippen LogP contribution in [0, 0.1) is 0 Å². The summed E-state index contributed by atoms with van der Waals surface area (Å²) in [4.78, 5) is 12.4. The van der Waals surface area contributed by atoms with Crippen molar-refractivity contribution in [1.29, 1.82) is 0 Å². The average molecular weight is 393 g/mol. The van der Waals surface area contributed by atoms with E-state index >= 15 is 0 Å². The molecule has 0 radical (unpaired) electrons. The Hall–Kier alpha value is -2.31. The number of nitrogens with one attached hydrogen (secondary N) is 1. The van der Waals surface area contributed by atoms with Crippen LogP contribution < -0.4 is 10.8 Å². The SMILES string of the molecule is CC1(C)OB(c2cccc(C3(NC(=O)OCc4ccccc4)CC3)c2)OC1(C)C. The number of amides is 1. The number of hydrogen-bond acceptors (Lipinski definition) is 4. The van der Waals surface area contributed by atoms with E-state index in [0.29, 0.717) is 0 Å². The highest BCUT2D eigenvalue weighted by atomic mass is 16.7. The zero-order valence-electron chi connectivity index (χ0n) is 17.5. The quantitative estimate of drug-likeness (QED) is 0.783. The number of carbonyl (C=O) groups is 1. The first-order valence-corrected chi connectivity index (χ1v) is 10.2. The van der Waals surface area contributed by atoms with Gasteiger partial charge in [0.2, 0.25) is 0 Å². The number of hydrogen-bond donors (Lipinski definition) is 1. The maximum atomic E-state index is 12.4. The molecular weight excluding hydrogens is 365 g/mol. The third-order valence-electron chi connectivity index (χ3n) is 6.27. The van der Waals surface area contributed by atoms with Gasteiger partial charge >= 0.3 is 13.2 Å². The summed E-state index contributed by atoms with van der Waals surface area (Å²) >= 11 is 0. The Morgan fingerprint density at radius 3 is 2.28 bits per heavy atom. The molecule has 1 saturated heterocycles. The minimum atomic E-state index is -0.416. The van der Waals surface area contributed by atoms with Gasteiger partial charge in [0, 0.05) is 0 Å². The van der Waals surface area contributed by atoms with Crippen molar-refractivity contribution >= 4 is 18.7 Å². The third kappa shape index (κ3) is 4.05. The smallest absolute Gasteiger partial charge is 0.445 e. The molecule has 1 aliphatic heterocycles. The highest BCUT2D eigenvalue weighted by Gasteiger charge is 2.52. The Kier molecular flexibility index (Phi) is 4.95. The first-order valence-electron chi connectivity index (χ1n) is 10.2. The monoisotopic (exact) mass is 393 g/mol. The molecule has 4 rings (SSSR count). The Morgan fingerprint density at radius 2 is 1.66 bits per heavy atom. The maximum Gasteiger partial charge on any atom is 0.494 e. The highest BCUT2D eigenvalue weighted by molar-refractivity contribution is 6.62. The van der Waals surface area contributed by atoms with Gasteiger partial charge < -0.3 is 19.4 Å². The van der Waals surface area contributed by atoms with Gasteiger partial charge in [-0.25, -0.2) is 4.79 Å². The van der Waals surface area contributed by atoms with Crippen molar-refractivity contribution in [2.24, 2.45) is 0 Å². The molecule has 6 heteroatoms. The van der Waals surface area contributed by atoms with Crippen LogP contribution in [0.1, 0.15) is 51.7 Å². The molecule has 1 aliphatic carbocycles. The van der Waals surface area contributed by atoms with Gasteiger partial charge in [0.1, 0.15) is 6.61 Å². The van der Waals surface area contributed by atoms with Gasteiger partial charge in [-0.1, -0.05) is 54.6 Å². The molecule has 2 fully saturated rings. The summed E-state index contributed by atoms with van der Waals surface area (Å²) in [5.41, 5.74) is 1.85. The van der Waals surface area contributed by atoms with Crippen molar-refractivity contribution in [3.8, 4) is 0 Å². The molecule has 0 unspecified atom stereocenters. The Labute approximate surface area is 172 Å². The van der Waals surface area contributed by atoms with Crippen LogP contribution >= 0.6 is 0 Å². The van der Waals surface area contributed by atoms with Gasteiger partial charge in [0.25, 0.3) is 0 Å². The van der Waals surface area contributed by atoms with Crippen molar-refractivity contribution < 1.29 is 18.8 Å². The van der Waals surface area contributed by atoms with E-state index in [2.05, 4.69) is 11.4 Å². The molecule has 0 aromatic heterocycles. The molecule has 29 heavy (non-hydrogen) atoms. The molecular formula is C23H28BNO4. The predicted molar refractivity (Wildman–Crippen MR) is 113 cm³/mol. The van der Waals surface area contributed by atoms with E-state index in [9.17, 15) is 4.79 Å². The van der Waals surface area contributed by atoms with Gasteiger partial charge in [0.15, 0.2) is 0 Å². The summed E-state index contributed by atoms with van der Waals surface area (Å²) in [5, 5.41) is 3.06. The lowest BCUT2D eigenvalue weighted by Gasteiger charge is -2.32. The number of rotatable bonds is 5. The van der Waals surface area contributed by atoms with Crippen LogP contribution in [0.2, 0.25) is 0 Å². The first kappa shape index (κ1) is 20.0. The van der Waals surface area contributed by atoms with Gasteiger partial charge in [0.05, 0.1) is 16.7 Å². The lowest BCUT2D eigenvalue weighted by Crippen LogP contribution is -2.41. The van der Waals surface area contributed by atoms with Crippen LogP contribution in [-0.2, 0) is 26.2 Å². The van der Waals surface area contributed by atoms with E-state index in [1.54, 1.807) is 0 Å². The molecule has 2 aromatic carbocycles. The number of carbonyl (C=O) groups excluding carboxylic acids is 1. The molecule has 2 aromatic rings. The summed E-state index contributed by atoms with van der Waals surface area (Å²) in [6.45, 7) is 8.44. The fourth-order valence-electron chi connectivity index (χ4n) is 3.53. The Bertz CT molecular complexity index is 877. The van der Waals surface area contributed by atoms with Crippen molar-refractivity contribution in [2.45, 2.75) is 63.9 Å². The van der Waals surface area contributed by atoms with Crippen LogP contribution in [0.4, 0.5) is 4.79 Å². The molecule has 2 aliphatic rings. The number of alkyl carbamates (subject to hydrolysis) is 1. The normalized spacial score (nSPS) is 20.9. The highest BCUT2D eigenvalue weighted by Crippen LogP contribution is 2.45. The molecule has 1 heterocycles. The second-order valence-corrected chi connectivity index (χ2v) is 8.98. The second kappa shape index (κ2) is 7.19. The lowest BCUT2D eigenvalue weighted by molar-refractivity contribution is 0.00578. The zero-order valence-corrected chi connectivity index (χ0v) is 17.5. The largest absolute Gasteiger partial charge is 0.494 e. The van der Waals surface area contributed by atoms with Crippen LogP contribution in [0.5, 0.6) is 0 Å². The first-order chi connectivity index (χ1) is 13.7. The molecule has 1 amide bonds. The Morgan fingerprint density at radius 1 is 1.00 bits per heavy atom. The van der Waals surface area contributed by atoms with Crippen LogP contribution in [0.3, 0.4) is 0 Å². The summed E-state index contributed by atoms with van der Waals surface area (Å²) in [5.74, 6) is 0. The van der Waals surface area contributed by atoms with Crippen molar-refractivity contribution in [1.82, 2.24) is 5.32 Å². The van der Waals surface area contributed by atoms with Gasteiger partial charge in [-0.3, -0.25) is 0 Å². The molecule has 1 N–H and O–H groups in total. The number of benzene rings is 2. The van der Waals surface area contributed by atoms with Crippen molar-refractivity contribution in [3.63, 3.8) is 0 Å². The average Bonchev–Trinajstić information content (AvgIpc) is 3.42. The van der Waals surface area contributed by atoms with Crippen molar-refractivity contribution in [2.75, 3.05) is 0 Å². The van der Waals surface area contributed by atoms with Gasteiger partial charge in [-0.15, -0.1) is 0 Å². The van der Waals surface area contributed by atoms with Crippen LogP contribution in [-0.4, -0.2) is 24.4 Å². The number of ether oxygens (including phenoxy) is 1. The molecule has 0 atom stereocenters. The fourth-order valence-corrected chi connectivity index (χ4v) is 3.53. The van der Waals surface area contributed by atoms with Crippen LogP contribution in [0.25, 0.3) is 0 Å². The minimum Gasteiger partial charge on any atom is -0.445 e. The second-order valence-electron chi connectivity index (χ2n) is 8.98. The third-order valence-corrected chi connectivity index (χ3v) is 6.27. The summed E-state index contributed by atoms with van der Waals surface area (Å²) in [6, 6.07) is 17.8. The fraction of sp³-hybridized carbons (Fsp3) is 0.435. The Balaban J connectivity index is 1.43. The molecule has 1 saturated carbocycles. The summed E-state index contributed by atoms with van der Waals surface area (Å²) < 4.78 is 17.8. The molecule has 0 spiro atoms.